The average Bonchev–Trinajstić information content (AvgIpc) is 2.26. The largest absolute Gasteiger partial charge is 0.395 e. The second kappa shape index (κ2) is 5.59. The smallest absolute Gasteiger partial charge is 0.0992 e. The summed E-state index contributed by atoms with van der Waals surface area (Å²) in [6.45, 7) is 3.39. The van der Waals surface area contributed by atoms with E-state index in [0.717, 1.165) is 12.2 Å². The summed E-state index contributed by atoms with van der Waals surface area (Å²) >= 11 is 6.04. The lowest BCUT2D eigenvalue weighted by Crippen LogP contribution is -2.26. The van der Waals surface area contributed by atoms with Crippen LogP contribution in [0.4, 0.5) is 5.69 Å². The van der Waals surface area contributed by atoms with Crippen LogP contribution < -0.4 is 4.90 Å². The van der Waals surface area contributed by atoms with Crippen LogP contribution in [-0.2, 0) is 0 Å². The van der Waals surface area contributed by atoms with Gasteiger partial charge in [0.1, 0.15) is 0 Å². The highest BCUT2D eigenvalue weighted by molar-refractivity contribution is 6.33. The number of nitriles is 1. The molecule has 0 aliphatic heterocycles. The second-order valence-corrected chi connectivity index (χ2v) is 3.49. The van der Waals surface area contributed by atoms with Gasteiger partial charge in [0, 0.05) is 13.1 Å². The van der Waals surface area contributed by atoms with E-state index in [1.807, 2.05) is 17.9 Å². The van der Waals surface area contributed by atoms with Gasteiger partial charge in [0.25, 0.3) is 0 Å². The van der Waals surface area contributed by atoms with E-state index in [1.54, 1.807) is 18.2 Å². The third-order valence-corrected chi connectivity index (χ3v) is 2.47. The number of likely N-dealkylation sites (N-methyl/N-ethyl adjacent to an activating group) is 1. The number of anilines is 1. The molecule has 0 fully saturated rings. The van der Waals surface area contributed by atoms with Crippen molar-refractivity contribution in [2.24, 2.45) is 0 Å². The van der Waals surface area contributed by atoms with Gasteiger partial charge in [-0.1, -0.05) is 11.6 Å². The molecule has 80 valence electrons. The Morgan fingerprint density at radius 2 is 2.27 bits per heavy atom. The van der Waals surface area contributed by atoms with Crippen molar-refractivity contribution in [3.05, 3.63) is 28.8 Å². The summed E-state index contributed by atoms with van der Waals surface area (Å²) in [5.41, 5.74) is 1.40. The number of benzene rings is 1. The molecule has 0 atom stereocenters. The van der Waals surface area contributed by atoms with Crippen molar-refractivity contribution in [1.82, 2.24) is 0 Å². The monoisotopic (exact) mass is 224 g/mol. The summed E-state index contributed by atoms with van der Waals surface area (Å²) in [4.78, 5) is 1.96. The molecule has 3 nitrogen and oxygen atoms in total. The zero-order valence-corrected chi connectivity index (χ0v) is 9.33. The predicted molar refractivity (Wildman–Crippen MR) is 61.1 cm³/mol. The fraction of sp³-hybridized carbons (Fsp3) is 0.364. The average molecular weight is 225 g/mol. The van der Waals surface area contributed by atoms with Crippen molar-refractivity contribution >= 4 is 17.3 Å². The number of nitrogens with zero attached hydrogens (tertiary/aromatic N) is 2. The molecule has 15 heavy (non-hydrogen) atoms. The topological polar surface area (TPSA) is 47.3 Å². The third kappa shape index (κ3) is 2.85. The van der Waals surface area contributed by atoms with Gasteiger partial charge in [0.15, 0.2) is 0 Å². The highest BCUT2D eigenvalue weighted by Gasteiger charge is 2.08. The minimum absolute atomic E-state index is 0.0875. The quantitative estimate of drug-likeness (QED) is 0.852. The molecule has 0 saturated carbocycles. The minimum Gasteiger partial charge on any atom is -0.395 e. The number of rotatable bonds is 4. The summed E-state index contributed by atoms with van der Waals surface area (Å²) in [6.07, 6.45) is 0. The Balaban J connectivity index is 2.98. The van der Waals surface area contributed by atoms with E-state index >= 15 is 0 Å². The predicted octanol–water partition coefficient (Wildman–Crippen LogP) is 2.03. The zero-order valence-electron chi connectivity index (χ0n) is 8.57. The van der Waals surface area contributed by atoms with Gasteiger partial charge in [0.2, 0.25) is 0 Å². The van der Waals surface area contributed by atoms with Gasteiger partial charge in [-0.05, 0) is 25.1 Å². The molecule has 0 spiro atoms. The van der Waals surface area contributed by atoms with Gasteiger partial charge < -0.3 is 10.0 Å². The molecule has 0 radical (unpaired) electrons. The molecule has 0 aromatic heterocycles. The molecule has 0 unspecified atom stereocenters. The van der Waals surface area contributed by atoms with Crippen molar-refractivity contribution in [3.63, 3.8) is 0 Å². The Morgan fingerprint density at radius 1 is 1.53 bits per heavy atom. The summed E-state index contributed by atoms with van der Waals surface area (Å²) in [5, 5.41) is 18.1. The van der Waals surface area contributed by atoms with Crippen molar-refractivity contribution in [2.45, 2.75) is 6.92 Å². The van der Waals surface area contributed by atoms with Crippen LogP contribution in [0.1, 0.15) is 12.5 Å². The molecule has 0 aliphatic carbocycles. The van der Waals surface area contributed by atoms with E-state index in [4.69, 9.17) is 22.0 Å². The molecule has 0 aliphatic rings. The van der Waals surface area contributed by atoms with E-state index < -0.39 is 0 Å². The van der Waals surface area contributed by atoms with E-state index in [1.165, 1.54) is 0 Å². The molecule has 4 heteroatoms. The second-order valence-electron chi connectivity index (χ2n) is 3.08. The van der Waals surface area contributed by atoms with Crippen LogP contribution in [0.25, 0.3) is 0 Å². The van der Waals surface area contributed by atoms with Crippen molar-refractivity contribution in [2.75, 3.05) is 24.6 Å². The number of aliphatic hydroxyl groups excluding tert-OH is 1. The zero-order chi connectivity index (χ0) is 11.3. The van der Waals surface area contributed by atoms with Gasteiger partial charge in [-0.3, -0.25) is 0 Å². The maximum atomic E-state index is 8.88. The Morgan fingerprint density at radius 3 is 2.73 bits per heavy atom. The number of aliphatic hydroxyl groups is 1. The van der Waals surface area contributed by atoms with Crippen LogP contribution in [0, 0.1) is 11.3 Å². The third-order valence-electron chi connectivity index (χ3n) is 2.17. The Kier molecular flexibility index (Phi) is 4.41. The highest BCUT2D eigenvalue weighted by atomic mass is 35.5. The van der Waals surface area contributed by atoms with Crippen LogP contribution in [-0.4, -0.2) is 24.8 Å². The lowest BCUT2D eigenvalue weighted by atomic mass is 10.2. The molecule has 1 aromatic rings. The van der Waals surface area contributed by atoms with Crippen molar-refractivity contribution in [3.8, 4) is 6.07 Å². The maximum Gasteiger partial charge on any atom is 0.0992 e. The molecule has 0 saturated heterocycles. The van der Waals surface area contributed by atoms with E-state index in [0.29, 0.717) is 17.1 Å². The van der Waals surface area contributed by atoms with Crippen LogP contribution in [0.15, 0.2) is 18.2 Å². The molecule has 1 N–H and O–H groups in total. The maximum absolute atomic E-state index is 8.88. The molecular weight excluding hydrogens is 212 g/mol. The number of hydrogen-bond donors (Lipinski definition) is 1. The first-order chi connectivity index (χ1) is 7.22. The molecular formula is C11H13ClN2O. The summed E-state index contributed by atoms with van der Waals surface area (Å²) in [6, 6.07) is 7.20. The first-order valence-electron chi connectivity index (χ1n) is 4.78. The van der Waals surface area contributed by atoms with Crippen LogP contribution in [0.5, 0.6) is 0 Å². The molecule has 1 rings (SSSR count). The van der Waals surface area contributed by atoms with Crippen LogP contribution in [0.2, 0.25) is 5.02 Å². The SMILES string of the molecule is CCN(CCO)c1ccc(C#N)cc1Cl. The Labute approximate surface area is 94.5 Å². The highest BCUT2D eigenvalue weighted by Crippen LogP contribution is 2.26. The van der Waals surface area contributed by atoms with Gasteiger partial charge in [-0.2, -0.15) is 5.26 Å². The van der Waals surface area contributed by atoms with Crippen LogP contribution in [0.3, 0.4) is 0 Å². The van der Waals surface area contributed by atoms with Gasteiger partial charge >= 0.3 is 0 Å². The summed E-state index contributed by atoms with van der Waals surface area (Å²) in [5.74, 6) is 0. The van der Waals surface area contributed by atoms with Crippen LogP contribution >= 0.6 is 11.6 Å². The molecule has 0 bridgehead atoms. The van der Waals surface area contributed by atoms with Gasteiger partial charge in [-0.25, -0.2) is 0 Å². The fourth-order valence-corrected chi connectivity index (χ4v) is 1.70. The lowest BCUT2D eigenvalue weighted by Gasteiger charge is -2.23. The van der Waals surface area contributed by atoms with Gasteiger partial charge in [0.05, 0.1) is 28.9 Å². The van der Waals surface area contributed by atoms with E-state index in [9.17, 15) is 0 Å². The van der Waals surface area contributed by atoms with E-state index in [-0.39, 0.29) is 6.61 Å². The minimum atomic E-state index is 0.0875. The number of halogens is 1. The van der Waals surface area contributed by atoms with Crippen molar-refractivity contribution < 1.29 is 5.11 Å². The van der Waals surface area contributed by atoms with Crippen molar-refractivity contribution in [1.29, 1.82) is 5.26 Å². The number of hydrogen-bond acceptors (Lipinski definition) is 3. The fourth-order valence-electron chi connectivity index (χ4n) is 1.40. The Hall–Kier alpha value is -1.24. The molecule has 0 heterocycles. The summed E-state index contributed by atoms with van der Waals surface area (Å²) in [7, 11) is 0. The first kappa shape index (κ1) is 11.8. The molecule has 1 aromatic carbocycles. The lowest BCUT2D eigenvalue weighted by molar-refractivity contribution is 0.302. The first-order valence-corrected chi connectivity index (χ1v) is 5.16. The van der Waals surface area contributed by atoms with Gasteiger partial charge in [-0.15, -0.1) is 0 Å². The summed E-state index contributed by atoms with van der Waals surface area (Å²) < 4.78 is 0. The normalized spacial score (nSPS) is 9.73. The van der Waals surface area contributed by atoms with E-state index in [2.05, 4.69) is 0 Å². The Bertz CT molecular complexity index is 373. The molecule has 0 amide bonds. The standard InChI is InChI=1S/C11H13ClN2O/c1-2-14(5-6-15)11-4-3-9(8-13)7-10(11)12/h3-4,7,15H,2,5-6H2,1H3.